The van der Waals surface area contributed by atoms with Crippen molar-refractivity contribution in [1.29, 1.82) is 0 Å². The summed E-state index contributed by atoms with van der Waals surface area (Å²) >= 11 is 7.50. The molecule has 7 heteroatoms. The summed E-state index contributed by atoms with van der Waals surface area (Å²) in [4.78, 5) is 5.23. The summed E-state index contributed by atoms with van der Waals surface area (Å²) in [6.07, 6.45) is 1.12. The van der Waals surface area contributed by atoms with E-state index in [4.69, 9.17) is 21.7 Å². The van der Waals surface area contributed by atoms with Crippen LogP contribution in [0.1, 0.15) is 11.3 Å². The highest BCUT2D eigenvalue weighted by atomic mass is 32.1. The SMILES string of the molecule is COc1ccc(NC(=S)N(CCC[NH+]2CCOCC2)Cc2cccs2)cc1. The van der Waals surface area contributed by atoms with Crippen LogP contribution in [0.4, 0.5) is 5.69 Å². The van der Waals surface area contributed by atoms with Crippen molar-refractivity contribution in [3.8, 4) is 5.75 Å². The first-order valence-electron chi connectivity index (χ1n) is 9.38. The third-order valence-electron chi connectivity index (χ3n) is 4.71. The van der Waals surface area contributed by atoms with Crippen LogP contribution in [0.25, 0.3) is 0 Å². The predicted octanol–water partition coefficient (Wildman–Crippen LogP) is 2.26. The maximum absolute atomic E-state index is 5.72. The molecule has 2 aromatic rings. The number of thiophene rings is 1. The van der Waals surface area contributed by atoms with Crippen LogP contribution in [-0.2, 0) is 11.3 Å². The lowest BCUT2D eigenvalue weighted by atomic mass is 10.3. The minimum atomic E-state index is 0.769. The Labute approximate surface area is 170 Å². The van der Waals surface area contributed by atoms with Crippen LogP contribution in [0.15, 0.2) is 41.8 Å². The highest BCUT2D eigenvalue weighted by Crippen LogP contribution is 2.17. The van der Waals surface area contributed by atoms with Gasteiger partial charge in [-0.3, -0.25) is 0 Å². The predicted molar refractivity (Wildman–Crippen MR) is 115 cm³/mol. The van der Waals surface area contributed by atoms with E-state index in [2.05, 4.69) is 27.7 Å². The molecule has 5 nitrogen and oxygen atoms in total. The fourth-order valence-electron chi connectivity index (χ4n) is 3.15. The van der Waals surface area contributed by atoms with Crippen molar-refractivity contribution in [2.75, 3.05) is 51.8 Å². The van der Waals surface area contributed by atoms with Gasteiger partial charge in [-0.05, 0) is 47.9 Å². The fraction of sp³-hybridized carbons (Fsp3) is 0.450. The third kappa shape index (κ3) is 6.46. The standard InChI is InChI=1S/C20H27N3O2S2/c1-24-18-7-5-17(6-8-18)21-20(26)23(16-19-4-2-15-27-19)10-3-9-22-11-13-25-14-12-22/h2,4-8,15H,3,9-14,16H2,1H3,(H,21,26)/p+1. The van der Waals surface area contributed by atoms with Gasteiger partial charge in [0.1, 0.15) is 18.8 Å². The number of nitrogens with zero attached hydrogens (tertiary/aromatic N) is 1. The molecule has 0 aliphatic carbocycles. The van der Waals surface area contributed by atoms with Crippen LogP contribution in [0, 0.1) is 0 Å². The first kappa shape index (κ1) is 20.1. The topological polar surface area (TPSA) is 38.2 Å². The van der Waals surface area contributed by atoms with Crippen LogP contribution in [0.5, 0.6) is 5.75 Å². The molecule has 1 aromatic heterocycles. The summed E-state index contributed by atoms with van der Waals surface area (Å²) in [5.74, 6) is 0.843. The first-order valence-corrected chi connectivity index (χ1v) is 10.7. The average molecular weight is 407 g/mol. The van der Waals surface area contributed by atoms with Crippen LogP contribution in [0.2, 0.25) is 0 Å². The van der Waals surface area contributed by atoms with E-state index >= 15 is 0 Å². The van der Waals surface area contributed by atoms with Crippen LogP contribution in [0.3, 0.4) is 0 Å². The second kappa shape index (κ2) is 10.6. The number of nitrogens with one attached hydrogen (secondary N) is 2. The lowest BCUT2D eigenvalue weighted by Crippen LogP contribution is -3.14. The first-order chi connectivity index (χ1) is 13.2. The van der Waals surface area contributed by atoms with Crippen molar-refractivity contribution in [3.63, 3.8) is 0 Å². The Morgan fingerprint density at radius 2 is 2.04 bits per heavy atom. The van der Waals surface area contributed by atoms with Crippen molar-refractivity contribution in [2.45, 2.75) is 13.0 Å². The van der Waals surface area contributed by atoms with E-state index in [9.17, 15) is 0 Å². The molecule has 3 rings (SSSR count). The van der Waals surface area contributed by atoms with Crippen molar-refractivity contribution in [2.24, 2.45) is 0 Å². The van der Waals surface area contributed by atoms with Gasteiger partial charge in [0.2, 0.25) is 0 Å². The zero-order chi connectivity index (χ0) is 18.9. The second-order valence-electron chi connectivity index (χ2n) is 6.63. The van der Waals surface area contributed by atoms with Gasteiger partial charge in [-0.1, -0.05) is 6.07 Å². The van der Waals surface area contributed by atoms with Gasteiger partial charge in [0.25, 0.3) is 0 Å². The summed E-state index contributed by atoms with van der Waals surface area (Å²) in [6, 6.07) is 12.1. The second-order valence-corrected chi connectivity index (χ2v) is 8.04. The summed E-state index contributed by atoms with van der Waals surface area (Å²) < 4.78 is 10.7. The van der Waals surface area contributed by atoms with Crippen LogP contribution >= 0.6 is 23.6 Å². The lowest BCUT2D eigenvalue weighted by Gasteiger charge is -2.28. The Bertz CT molecular complexity index is 686. The largest absolute Gasteiger partial charge is 0.497 e. The van der Waals surface area contributed by atoms with Crippen molar-refractivity contribution >= 4 is 34.4 Å². The van der Waals surface area contributed by atoms with Gasteiger partial charge in [0.15, 0.2) is 5.11 Å². The quantitative estimate of drug-likeness (QED) is 0.658. The number of morpholine rings is 1. The van der Waals surface area contributed by atoms with E-state index in [0.717, 1.165) is 68.9 Å². The molecule has 0 saturated carbocycles. The molecule has 1 aromatic carbocycles. The third-order valence-corrected chi connectivity index (χ3v) is 5.93. The monoisotopic (exact) mass is 406 g/mol. The number of quaternary nitrogens is 1. The number of ether oxygens (including phenoxy) is 2. The van der Waals surface area contributed by atoms with Crippen LogP contribution < -0.4 is 15.0 Å². The molecule has 0 spiro atoms. The van der Waals surface area contributed by atoms with Gasteiger partial charge in [0.05, 0.1) is 33.4 Å². The van der Waals surface area contributed by atoms with E-state index < -0.39 is 0 Å². The normalized spacial score (nSPS) is 14.7. The number of methoxy groups -OCH3 is 1. The van der Waals surface area contributed by atoms with E-state index in [1.807, 2.05) is 24.3 Å². The number of anilines is 1. The molecule has 27 heavy (non-hydrogen) atoms. The van der Waals surface area contributed by atoms with Crippen molar-refractivity contribution in [3.05, 3.63) is 46.7 Å². The Balaban J connectivity index is 1.56. The average Bonchev–Trinajstić information content (AvgIpc) is 3.22. The summed E-state index contributed by atoms with van der Waals surface area (Å²) in [6.45, 7) is 6.94. The minimum absolute atomic E-state index is 0.769. The number of rotatable bonds is 8. The number of hydrogen-bond donors (Lipinski definition) is 2. The van der Waals surface area contributed by atoms with Gasteiger partial charge in [-0.2, -0.15) is 0 Å². The van der Waals surface area contributed by atoms with Gasteiger partial charge < -0.3 is 24.6 Å². The summed E-state index contributed by atoms with van der Waals surface area (Å²) in [5, 5.41) is 6.26. The van der Waals surface area contributed by atoms with Gasteiger partial charge in [-0.25, -0.2) is 0 Å². The molecule has 0 unspecified atom stereocenters. The number of hydrogen-bond acceptors (Lipinski definition) is 4. The highest BCUT2D eigenvalue weighted by molar-refractivity contribution is 7.80. The zero-order valence-electron chi connectivity index (χ0n) is 15.8. The van der Waals surface area contributed by atoms with E-state index in [1.165, 1.54) is 4.88 Å². The minimum Gasteiger partial charge on any atom is -0.497 e. The number of benzene rings is 1. The fourth-order valence-corrected chi connectivity index (χ4v) is 4.14. The Kier molecular flexibility index (Phi) is 7.89. The highest BCUT2D eigenvalue weighted by Gasteiger charge is 2.16. The van der Waals surface area contributed by atoms with Crippen molar-refractivity contribution < 1.29 is 14.4 Å². The molecule has 1 aliphatic rings. The van der Waals surface area contributed by atoms with E-state index in [0.29, 0.717) is 0 Å². The molecule has 0 amide bonds. The Hall–Kier alpha value is -1.67. The molecule has 1 saturated heterocycles. The van der Waals surface area contributed by atoms with Crippen molar-refractivity contribution in [1.82, 2.24) is 4.90 Å². The van der Waals surface area contributed by atoms with Gasteiger partial charge in [0, 0.05) is 23.5 Å². The molecule has 2 heterocycles. The maximum atomic E-state index is 5.72. The molecule has 0 radical (unpaired) electrons. The molecular formula is C20H28N3O2S2+. The smallest absolute Gasteiger partial charge is 0.173 e. The molecular weight excluding hydrogens is 378 g/mol. The van der Waals surface area contributed by atoms with Crippen LogP contribution in [-0.4, -0.2) is 56.5 Å². The molecule has 146 valence electrons. The Morgan fingerprint density at radius 1 is 1.26 bits per heavy atom. The zero-order valence-corrected chi connectivity index (χ0v) is 17.4. The maximum Gasteiger partial charge on any atom is 0.173 e. The molecule has 1 aliphatic heterocycles. The molecule has 1 fully saturated rings. The molecule has 0 atom stereocenters. The number of thiocarbonyl (C=S) groups is 1. The lowest BCUT2D eigenvalue weighted by molar-refractivity contribution is -0.908. The molecule has 2 N–H and O–H groups in total. The van der Waals surface area contributed by atoms with E-state index in [-0.39, 0.29) is 0 Å². The van der Waals surface area contributed by atoms with Gasteiger partial charge in [-0.15, -0.1) is 11.3 Å². The van der Waals surface area contributed by atoms with Gasteiger partial charge >= 0.3 is 0 Å². The summed E-state index contributed by atoms with van der Waals surface area (Å²) in [5.41, 5.74) is 0.982. The van der Waals surface area contributed by atoms with E-state index in [1.54, 1.807) is 23.3 Å². The Morgan fingerprint density at radius 3 is 2.70 bits per heavy atom. The molecule has 0 bridgehead atoms. The summed E-state index contributed by atoms with van der Waals surface area (Å²) in [7, 11) is 1.67.